The summed E-state index contributed by atoms with van der Waals surface area (Å²) in [4.78, 5) is 13.1. The van der Waals surface area contributed by atoms with Crippen molar-refractivity contribution in [2.24, 2.45) is 5.92 Å². The number of piperidine rings is 1. The first-order valence-electron chi connectivity index (χ1n) is 12.4. The third-order valence-electron chi connectivity index (χ3n) is 7.82. The molecule has 3 atom stereocenters. The van der Waals surface area contributed by atoms with Crippen molar-refractivity contribution in [3.8, 4) is 5.75 Å². The minimum atomic E-state index is -4.90. The monoisotopic (exact) mass is 545 g/mol. The standard InChI is InChI=1S/C27H29F6NO4/c1-15(24(36)37)23(35)18-4-3-17-5-6-25(38-22(17)13-18)7-9-34(10-8-25)16(2)19-11-20(26(28,29)30)14-21(12-19)27(31,32)33/h3-4,11-16,23,35H,5-10H2,1-2H3,(H,36,37)/t15-,16?,23+/m0/s1. The molecule has 1 spiro atoms. The van der Waals surface area contributed by atoms with Crippen LogP contribution in [-0.2, 0) is 23.6 Å². The highest BCUT2D eigenvalue weighted by Gasteiger charge is 2.42. The third-order valence-corrected chi connectivity index (χ3v) is 7.82. The fourth-order valence-corrected chi connectivity index (χ4v) is 5.23. The number of ether oxygens (including phenoxy) is 1. The maximum atomic E-state index is 13.3. The van der Waals surface area contributed by atoms with Crippen LogP contribution in [-0.4, -0.2) is 39.8 Å². The van der Waals surface area contributed by atoms with E-state index in [1.54, 1.807) is 25.1 Å². The van der Waals surface area contributed by atoms with Crippen molar-refractivity contribution in [3.63, 3.8) is 0 Å². The molecule has 0 saturated carbocycles. The Morgan fingerprint density at radius 3 is 2.03 bits per heavy atom. The minimum Gasteiger partial charge on any atom is -0.487 e. The van der Waals surface area contributed by atoms with Crippen LogP contribution in [0.2, 0.25) is 0 Å². The van der Waals surface area contributed by atoms with Gasteiger partial charge in [-0.1, -0.05) is 12.1 Å². The number of rotatable bonds is 5. The molecule has 1 unspecified atom stereocenters. The second kappa shape index (κ2) is 10.1. The zero-order valence-electron chi connectivity index (χ0n) is 20.9. The summed E-state index contributed by atoms with van der Waals surface area (Å²) in [6.07, 6.45) is -8.61. The lowest BCUT2D eigenvalue weighted by molar-refractivity contribution is -0.145. The number of likely N-dealkylation sites (tertiary alicyclic amines) is 1. The number of aliphatic hydroxyl groups excluding tert-OH is 1. The van der Waals surface area contributed by atoms with E-state index in [1.165, 1.54) is 6.92 Å². The van der Waals surface area contributed by atoms with Gasteiger partial charge >= 0.3 is 18.3 Å². The molecule has 0 radical (unpaired) electrons. The molecule has 0 bridgehead atoms. The van der Waals surface area contributed by atoms with E-state index in [0.717, 1.165) is 17.7 Å². The number of hydrogen-bond donors (Lipinski definition) is 2. The number of alkyl halides is 6. The van der Waals surface area contributed by atoms with Gasteiger partial charge in [0.05, 0.1) is 23.1 Å². The smallest absolute Gasteiger partial charge is 0.416 e. The Kier molecular flexibility index (Phi) is 7.48. The molecule has 2 N–H and O–H groups in total. The van der Waals surface area contributed by atoms with Gasteiger partial charge in [-0.05, 0) is 80.5 Å². The van der Waals surface area contributed by atoms with E-state index in [4.69, 9.17) is 4.74 Å². The summed E-state index contributed by atoms with van der Waals surface area (Å²) in [6, 6.07) is 6.15. The summed E-state index contributed by atoms with van der Waals surface area (Å²) in [5.41, 5.74) is -1.92. The van der Waals surface area contributed by atoms with Crippen LogP contribution in [0, 0.1) is 5.92 Å². The van der Waals surface area contributed by atoms with Crippen LogP contribution in [0.1, 0.15) is 73.1 Å². The molecular formula is C27H29F6NO4. The fraction of sp³-hybridized carbons (Fsp3) is 0.519. The lowest BCUT2D eigenvalue weighted by Gasteiger charge is -2.46. The van der Waals surface area contributed by atoms with E-state index in [1.807, 2.05) is 4.90 Å². The van der Waals surface area contributed by atoms with Crippen molar-refractivity contribution >= 4 is 5.97 Å². The number of carbonyl (C=O) groups is 1. The van der Waals surface area contributed by atoms with Crippen molar-refractivity contribution in [1.29, 1.82) is 0 Å². The van der Waals surface area contributed by atoms with Crippen molar-refractivity contribution in [2.75, 3.05) is 13.1 Å². The first-order chi connectivity index (χ1) is 17.6. The van der Waals surface area contributed by atoms with Gasteiger partial charge in [0.15, 0.2) is 0 Å². The highest BCUT2D eigenvalue weighted by Crippen LogP contribution is 2.43. The Balaban J connectivity index is 1.50. The molecule has 0 aromatic heterocycles. The number of aliphatic hydroxyl groups is 1. The summed E-state index contributed by atoms with van der Waals surface area (Å²) < 4.78 is 86.3. The van der Waals surface area contributed by atoms with Crippen molar-refractivity contribution in [1.82, 2.24) is 4.90 Å². The summed E-state index contributed by atoms with van der Waals surface area (Å²) >= 11 is 0. The molecule has 1 saturated heterocycles. The Labute approximate surface area is 216 Å². The Morgan fingerprint density at radius 2 is 1.50 bits per heavy atom. The Morgan fingerprint density at radius 1 is 0.921 bits per heavy atom. The second-order valence-corrected chi connectivity index (χ2v) is 10.3. The quantitative estimate of drug-likeness (QED) is 0.426. The van der Waals surface area contributed by atoms with Crippen LogP contribution in [0.15, 0.2) is 36.4 Å². The highest BCUT2D eigenvalue weighted by atomic mass is 19.4. The fourth-order valence-electron chi connectivity index (χ4n) is 5.23. The zero-order chi connectivity index (χ0) is 28.0. The summed E-state index contributed by atoms with van der Waals surface area (Å²) in [6.45, 7) is 3.83. The van der Waals surface area contributed by atoms with E-state index < -0.39 is 53.1 Å². The summed E-state index contributed by atoms with van der Waals surface area (Å²) in [7, 11) is 0. The second-order valence-electron chi connectivity index (χ2n) is 10.3. The molecule has 38 heavy (non-hydrogen) atoms. The molecule has 2 aliphatic heterocycles. The third kappa shape index (κ3) is 5.78. The molecule has 4 rings (SSSR count). The van der Waals surface area contributed by atoms with Crippen LogP contribution in [0.3, 0.4) is 0 Å². The number of carboxylic acid groups (broad SMARTS) is 1. The molecule has 11 heteroatoms. The maximum absolute atomic E-state index is 13.3. The first kappa shape index (κ1) is 28.2. The Hall–Kier alpha value is -2.79. The molecule has 2 aromatic carbocycles. The largest absolute Gasteiger partial charge is 0.487 e. The van der Waals surface area contributed by atoms with Gasteiger partial charge in [0.1, 0.15) is 11.4 Å². The average molecular weight is 546 g/mol. The lowest BCUT2D eigenvalue weighted by Crippen LogP contribution is -2.50. The number of halogens is 6. The number of aryl methyl sites for hydroxylation is 1. The van der Waals surface area contributed by atoms with Gasteiger partial charge in [-0.2, -0.15) is 26.3 Å². The summed E-state index contributed by atoms with van der Waals surface area (Å²) in [5, 5.41) is 19.6. The van der Waals surface area contributed by atoms with E-state index in [2.05, 4.69) is 0 Å². The molecule has 5 nitrogen and oxygen atoms in total. The molecule has 0 aliphatic carbocycles. The molecule has 208 valence electrons. The SMILES string of the molecule is CC(c1cc(C(F)(F)F)cc(C(F)(F)F)c1)N1CCC2(CCc3ccc([C@H](O)[C@H](C)C(=O)O)cc3O2)CC1. The maximum Gasteiger partial charge on any atom is 0.416 e. The average Bonchev–Trinajstić information content (AvgIpc) is 2.86. The topological polar surface area (TPSA) is 70.0 Å². The number of nitrogens with zero attached hydrogens (tertiary/aromatic N) is 1. The summed E-state index contributed by atoms with van der Waals surface area (Å²) in [5.74, 6) is -1.58. The predicted molar refractivity (Wildman–Crippen MR) is 126 cm³/mol. The van der Waals surface area contributed by atoms with Crippen LogP contribution in [0.5, 0.6) is 5.75 Å². The molecule has 2 heterocycles. The van der Waals surface area contributed by atoms with Gasteiger partial charge in [-0.25, -0.2) is 0 Å². The van der Waals surface area contributed by atoms with Crippen LogP contribution < -0.4 is 4.74 Å². The van der Waals surface area contributed by atoms with Crippen molar-refractivity contribution in [2.45, 2.75) is 69.6 Å². The van der Waals surface area contributed by atoms with Crippen LogP contribution in [0.4, 0.5) is 26.3 Å². The molecule has 1 fully saturated rings. The number of benzene rings is 2. The molecular weight excluding hydrogens is 516 g/mol. The number of carboxylic acids is 1. The molecule has 0 amide bonds. The number of aliphatic carboxylic acids is 1. The van der Waals surface area contributed by atoms with E-state index in [-0.39, 0.29) is 11.6 Å². The lowest BCUT2D eigenvalue weighted by atomic mass is 9.82. The van der Waals surface area contributed by atoms with Gasteiger partial charge in [0.2, 0.25) is 0 Å². The van der Waals surface area contributed by atoms with Crippen molar-refractivity contribution < 1.29 is 46.1 Å². The van der Waals surface area contributed by atoms with Crippen LogP contribution in [0.25, 0.3) is 0 Å². The number of fused-ring (bicyclic) bond motifs is 1. The van der Waals surface area contributed by atoms with Gasteiger partial charge < -0.3 is 14.9 Å². The zero-order valence-corrected chi connectivity index (χ0v) is 20.9. The van der Waals surface area contributed by atoms with E-state index in [9.17, 15) is 41.4 Å². The minimum absolute atomic E-state index is 0.0517. The van der Waals surface area contributed by atoms with E-state index >= 15 is 0 Å². The van der Waals surface area contributed by atoms with Crippen LogP contribution >= 0.6 is 0 Å². The first-order valence-corrected chi connectivity index (χ1v) is 12.4. The van der Waals surface area contributed by atoms with Gasteiger partial charge in [0.25, 0.3) is 0 Å². The van der Waals surface area contributed by atoms with Gasteiger partial charge in [-0.15, -0.1) is 0 Å². The highest BCUT2D eigenvalue weighted by molar-refractivity contribution is 5.70. The van der Waals surface area contributed by atoms with Gasteiger partial charge in [-0.3, -0.25) is 9.69 Å². The van der Waals surface area contributed by atoms with Crippen molar-refractivity contribution in [3.05, 3.63) is 64.2 Å². The van der Waals surface area contributed by atoms with Gasteiger partial charge in [0, 0.05) is 19.1 Å². The molecule has 2 aliphatic rings. The Bertz CT molecular complexity index is 1150. The normalized spacial score (nSPS) is 20.3. The number of hydrogen-bond acceptors (Lipinski definition) is 4. The predicted octanol–water partition coefficient (Wildman–Crippen LogP) is 6.40. The van der Waals surface area contributed by atoms with E-state index in [0.29, 0.717) is 50.1 Å². The molecule has 2 aromatic rings.